The summed E-state index contributed by atoms with van der Waals surface area (Å²) in [5.74, 6) is 0.339. The van der Waals surface area contributed by atoms with Gasteiger partial charge in [-0.2, -0.15) is 0 Å². The third-order valence-corrected chi connectivity index (χ3v) is 3.32. The van der Waals surface area contributed by atoms with Crippen LogP contribution >= 0.6 is 11.6 Å². The Kier molecular flexibility index (Phi) is 4.40. The third kappa shape index (κ3) is 2.88. The second kappa shape index (κ2) is 6.04. The monoisotopic (exact) mass is 279 g/mol. The Labute approximate surface area is 117 Å². The Balaban J connectivity index is 2.46. The fourth-order valence-electron chi connectivity index (χ4n) is 2.10. The largest absolute Gasteiger partial charge is 0.496 e. The van der Waals surface area contributed by atoms with Crippen LogP contribution in [0.2, 0.25) is 5.02 Å². The van der Waals surface area contributed by atoms with Crippen molar-refractivity contribution in [3.8, 4) is 5.75 Å². The first-order valence-corrected chi connectivity index (χ1v) is 6.30. The average molecular weight is 280 g/mol. The van der Waals surface area contributed by atoms with Crippen molar-refractivity contribution in [2.75, 3.05) is 14.2 Å². The van der Waals surface area contributed by atoms with Gasteiger partial charge in [0, 0.05) is 5.56 Å². The topological polar surface area (TPSA) is 21.3 Å². The molecule has 0 saturated carbocycles. The number of halogens is 2. The summed E-state index contributed by atoms with van der Waals surface area (Å²) in [5, 5.41) is 3.29. The van der Waals surface area contributed by atoms with E-state index in [0.29, 0.717) is 0 Å². The molecule has 100 valence electrons. The van der Waals surface area contributed by atoms with Gasteiger partial charge in [-0.1, -0.05) is 35.9 Å². The molecular weight excluding hydrogens is 265 g/mol. The van der Waals surface area contributed by atoms with Gasteiger partial charge in [0.1, 0.15) is 11.6 Å². The molecule has 0 aliphatic rings. The molecule has 2 rings (SSSR count). The van der Waals surface area contributed by atoms with Crippen LogP contribution in [0.25, 0.3) is 0 Å². The molecule has 2 aromatic rings. The van der Waals surface area contributed by atoms with Gasteiger partial charge < -0.3 is 10.1 Å². The van der Waals surface area contributed by atoms with Gasteiger partial charge in [0.05, 0.1) is 18.2 Å². The van der Waals surface area contributed by atoms with Crippen LogP contribution in [-0.4, -0.2) is 14.2 Å². The summed E-state index contributed by atoms with van der Waals surface area (Å²) >= 11 is 5.71. The molecule has 2 aromatic carbocycles. The van der Waals surface area contributed by atoms with Crippen LogP contribution in [0.5, 0.6) is 5.75 Å². The highest BCUT2D eigenvalue weighted by molar-refractivity contribution is 6.30. The van der Waals surface area contributed by atoms with Gasteiger partial charge in [-0.05, 0) is 30.8 Å². The van der Waals surface area contributed by atoms with Crippen molar-refractivity contribution in [2.24, 2.45) is 0 Å². The van der Waals surface area contributed by atoms with Crippen LogP contribution in [0, 0.1) is 5.82 Å². The zero-order chi connectivity index (χ0) is 13.8. The molecule has 1 N–H and O–H groups in total. The van der Waals surface area contributed by atoms with Crippen molar-refractivity contribution in [3.05, 3.63) is 64.4 Å². The fraction of sp³-hybridized carbons (Fsp3) is 0.200. The lowest BCUT2D eigenvalue weighted by molar-refractivity contribution is 0.405. The van der Waals surface area contributed by atoms with Crippen molar-refractivity contribution in [1.29, 1.82) is 0 Å². The van der Waals surface area contributed by atoms with Crippen LogP contribution < -0.4 is 10.1 Å². The number of hydrogen-bond donors (Lipinski definition) is 1. The molecule has 1 atom stereocenters. The third-order valence-electron chi connectivity index (χ3n) is 3.02. The number of methoxy groups -OCH3 is 1. The van der Waals surface area contributed by atoms with Crippen LogP contribution in [0.1, 0.15) is 17.2 Å². The molecule has 0 heterocycles. The fourth-order valence-corrected chi connectivity index (χ4v) is 2.22. The molecule has 0 bridgehead atoms. The van der Waals surface area contributed by atoms with Crippen molar-refractivity contribution >= 4 is 11.6 Å². The van der Waals surface area contributed by atoms with Gasteiger partial charge in [-0.15, -0.1) is 0 Å². The smallest absolute Gasteiger partial charge is 0.142 e. The second-order valence-electron chi connectivity index (χ2n) is 4.14. The molecule has 1 unspecified atom stereocenters. The van der Waals surface area contributed by atoms with Crippen molar-refractivity contribution in [3.63, 3.8) is 0 Å². The van der Waals surface area contributed by atoms with E-state index in [2.05, 4.69) is 5.32 Å². The molecule has 0 aliphatic heterocycles. The first kappa shape index (κ1) is 13.8. The number of para-hydroxylation sites is 1. The standard InChI is InChI=1S/C15H15ClFNO/c1-18-15(10-7-8-12(16)13(17)9-10)11-5-3-4-6-14(11)19-2/h3-9,15,18H,1-2H3. The van der Waals surface area contributed by atoms with E-state index in [1.807, 2.05) is 31.3 Å². The number of rotatable bonds is 4. The van der Waals surface area contributed by atoms with E-state index < -0.39 is 5.82 Å². The number of benzene rings is 2. The first-order valence-electron chi connectivity index (χ1n) is 5.92. The summed E-state index contributed by atoms with van der Waals surface area (Å²) < 4.78 is 18.9. The van der Waals surface area contributed by atoms with Crippen LogP contribution in [-0.2, 0) is 0 Å². The van der Waals surface area contributed by atoms with Crippen molar-refractivity contribution in [1.82, 2.24) is 5.32 Å². The van der Waals surface area contributed by atoms with E-state index in [1.165, 1.54) is 6.07 Å². The van der Waals surface area contributed by atoms with E-state index in [4.69, 9.17) is 16.3 Å². The predicted octanol–water partition coefficient (Wildman–Crippen LogP) is 3.80. The zero-order valence-corrected chi connectivity index (χ0v) is 11.5. The SMILES string of the molecule is CNC(c1ccc(Cl)c(F)c1)c1ccccc1OC. The summed E-state index contributed by atoms with van der Waals surface area (Å²) in [5.41, 5.74) is 1.75. The Morgan fingerprint density at radius 2 is 1.95 bits per heavy atom. The highest BCUT2D eigenvalue weighted by Crippen LogP contribution is 2.30. The van der Waals surface area contributed by atoms with E-state index >= 15 is 0 Å². The maximum Gasteiger partial charge on any atom is 0.142 e. The van der Waals surface area contributed by atoms with E-state index in [9.17, 15) is 4.39 Å². The molecule has 0 aliphatic carbocycles. The highest BCUT2D eigenvalue weighted by atomic mass is 35.5. The molecule has 0 radical (unpaired) electrons. The first-order chi connectivity index (χ1) is 9.17. The summed E-state index contributed by atoms with van der Waals surface area (Å²) in [4.78, 5) is 0. The molecular formula is C15H15ClFNO. The lowest BCUT2D eigenvalue weighted by Gasteiger charge is -2.20. The predicted molar refractivity (Wildman–Crippen MR) is 75.3 cm³/mol. The van der Waals surface area contributed by atoms with E-state index in [0.717, 1.165) is 16.9 Å². The van der Waals surface area contributed by atoms with Gasteiger partial charge in [-0.3, -0.25) is 0 Å². The Hall–Kier alpha value is -1.58. The second-order valence-corrected chi connectivity index (χ2v) is 4.54. The molecule has 0 fully saturated rings. The van der Waals surface area contributed by atoms with E-state index in [1.54, 1.807) is 19.2 Å². The molecule has 0 aromatic heterocycles. The maximum absolute atomic E-state index is 13.6. The Morgan fingerprint density at radius 3 is 2.58 bits per heavy atom. The van der Waals surface area contributed by atoms with Crippen molar-refractivity contribution < 1.29 is 9.13 Å². The van der Waals surface area contributed by atoms with E-state index in [-0.39, 0.29) is 11.1 Å². The van der Waals surface area contributed by atoms with Gasteiger partial charge in [0.15, 0.2) is 0 Å². The number of hydrogen-bond acceptors (Lipinski definition) is 2. The quantitative estimate of drug-likeness (QED) is 0.919. The minimum Gasteiger partial charge on any atom is -0.496 e. The molecule has 4 heteroatoms. The zero-order valence-electron chi connectivity index (χ0n) is 10.8. The molecule has 0 spiro atoms. The minimum atomic E-state index is -0.422. The Bertz CT molecular complexity index is 574. The van der Waals surface area contributed by atoms with Gasteiger partial charge >= 0.3 is 0 Å². The van der Waals surface area contributed by atoms with Gasteiger partial charge in [-0.25, -0.2) is 4.39 Å². The lowest BCUT2D eigenvalue weighted by Crippen LogP contribution is -2.18. The highest BCUT2D eigenvalue weighted by Gasteiger charge is 2.17. The molecule has 2 nitrogen and oxygen atoms in total. The maximum atomic E-state index is 13.6. The average Bonchev–Trinajstić information content (AvgIpc) is 2.44. The summed E-state index contributed by atoms with van der Waals surface area (Å²) in [6.07, 6.45) is 0. The number of ether oxygens (including phenoxy) is 1. The van der Waals surface area contributed by atoms with Gasteiger partial charge in [0.2, 0.25) is 0 Å². The molecule has 0 amide bonds. The van der Waals surface area contributed by atoms with Crippen molar-refractivity contribution in [2.45, 2.75) is 6.04 Å². The molecule has 0 saturated heterocycles. The summed E-state index contributed by atoms with van der Waals surface area (Å²) in [6, 6.07) is 12.3. The summed E-state index contributed by atoms with van der Waals surface area (Å²) in [6.45, 7) is 0. The normalized spacial score (nSPS) is 12.2. The Morgan fingerprint density at radius 1 is 1.21 bits per heavy atom. The molecule has 19 heavy (non-hydrogen) atoms. The van der Waals surface area contributed by atoms with Crippen LogP contribution in [0.4, 0.5) is 4.39 Å². The van der Waals surface area contributed by atoms with Crippen LogP contribution in [0.15, 0.2) is 42.5 Å². The minimum absolute atomic E-state index is 0.124. The van der Waals surface area contributed by atoms with Crippen LogP contribution in [0.3, 0.4) is 0 Å². The van der Waals surface area contributed by atoms with Gasteiger partial charge in [0.25, 0.3) is 0 Å². The summed E-state index contributed by atoms with van der Waals surface area (Å²) in [7, 11) is 3.44. The lowest BCUT2D eigenvalue weighted by atomic mass is 9.98. The number of nitrogens with one attached hydrogen (secondary N) is 1.